The van der Waals surface area contributed by atoms with Gasteiger partial charge in [-0.15, -0.1) is 0 Å². The number of aromatic hydroxyl groups is 1. The third-order valence-electron chi connectivity index (χ3n) is 6.24. The maximum Gasteiger partial charge on any atom is 0.152 e. The van der Waals surface area contributed by atoms with E-state index in [1.807, 2.05) is 24.5 Å². The zero-order valence-corrected chi connectivity index (χ0v) is 17.6. The molecule has 0 bridgehead atoms. The van der Waals surface area contributed by atoms with E-state index >= 15 is 0 Å². The Hall–Kier alpha value is -3.35. The Bertz CT molecular complexity index is 1290. The van der Waals surface area contributed by atoms with Gasteiger partial charge in [0.05, 0.1) is 22.5 Å². The largest absolute Gasteiger partial charge is 0.508 e. The number of hydrogen-bond donors (Lipinski definition) is 2. The molecule has 1 aromatic carbocycles. The molecule has 0 radical (unpaired) electrons. The first-order valence-electron chi connectivity index (χ1n) is 10.4. The van der Waals surface area contributed by atoms with Crippen molar-refractivity contribution in [1.82, 2.24) is 19.5 Å². The monoisotopic (exact) mass is 402 g/mol. The Morgan fingerprint density at radius 3 is 2.53 bits per heavy atom. The first-order chi connectivity index (χ1) is 14.5. The van der Waals surface area contributed by atoms with Gasteiger partial charge in [-0.2, -0.15) is 0 Å². The second-order valence-electron chi connectivity index (χ2n) is 8.18. The number of hydrogen-bond acceptors (Lipinski definition) is 6. The molecule has 7 nitrogen and oxygen atoms in total. The summed E-state index contributed by atoms with van der Waals surface area (Å²) in [6, 6.07) is 5.82. The van der Waals surface area contributed by atoms with Crippen molar-refractivity contribution in [1.29, 1.82) is 0 Å². The molecule has 1 aliphatic heterocycles. The van der Waals surface area contributed by atoms with Crippen LogP contribution in [0.25, 0.3) is 27.8 Å². The van der Waals surface area contributed by atoms with Crippen molar-refractivity contribution in [2.24, 2.45) is 0 Å². The van der Waals surface area contributed by atoms with Crippen LogP contribution >= 0.6 is 0 Å². The average molecular weight is 403 g/mol. The zero-order chi connectivity index (χ0) is 21.0. The van der Waals surface area contributed by atoms with Crippen LogP contribution in [0.15, 0.2) is 24.5 Å². The molecule has 1 fully saturated rings. The van der Waals surface area contributed by atoms with Gasteiger partial charge in [0, 0.05) is 24.0 Å². The summed E-state index contributed by atoms with van der Waals surface area (Å²) in [7, 11) is 0. The minimum Gasteiger partial charge on any atom is -0.508 e. The van der Waals surface area contributed by atoms with Crippen molar-refractivity contribution in [3.63, 3.8) is 0 Å². The quantitative estimate of drug-likeness (QED) is 0.523. The molecule has 0 saturated carbocycles. The average Bonchev–Trinajstić information content (AvgIpc) is 3.05. The van der Waals surface area contributed by atoms with Gasteiger partial charge in [-0.1, -0.05) is 6.07 Å². The van der Waals surface area contributed by atoms with Crippen LogP contribution in [0.3, 0.4) is 0 Å². The molecule has 7 heteroatoms. The lowest BCUT2D eigenvalue weighted by Crippen LogP contribution is -2.30. The molecular formula is C23H26N6O. The van der Waals surface area contributed by atoms with E-state index < -0.39 is 0 Å². The van der Waals surface area contributed by atoms with E-state index in [9.17, 15) is 5.11 Å². The molecule has 3 aromatic heterocycles. The van der Waals surface area contributed by atoms with Gasteiger partial charge in [-0.3, -0.25) is 4.57 Å². The third kappa shape index (κ3) is 2.69. The van der Waals surface area contributed by atoms with Gasteiger partial charge >= 0.3 is 0 Å². The van der Waals surface area contributed by atoms with Crippen molar-refractivity contribution in [3.05, 3.63) is 41.3 Å². The number of rotatable bonds is 2. The first-order valence-corrected chi connectivity index (χ1v) is 10.4. The number of phenols is 1. The molecule has 5 rings (SSSR count). The topological polar surface area (TPSA) is 93.1 Å². The molecule has 3 N–H and O–H groups in total. The number of phenolic OH excluding ortho intramolecular Hbond substituents is 1. The lowest BCUT2D eigenvalue weighted by Gasteiger charge is -2.29. The van der Waals surface area contributed by atoms with Gasteiger partial charge < -0.3 is 15.7 Å². The molecule has 1 aliphatic rings. The summed E-state index contributed by atoms with van der Waals surface area (Å²) in [6.07, 6.45) is 5.17. The van der Waals surface area contributed by atoms with Gasteiger partial charge in [-0.25, -0.2) is 15.0 Å². The second kappa shape index (κ2) is 6.86. The van der Waals surface area contributed by atoms with E-state index in [1.165, 1.54) is 25.6 Å². The minimum atomic E-state index is 0.245. The summed E-state index contributed by atoms with van der Waals surface area (Å²) in [5, 5.41) is 12.1. The lowest BCUT2D eigenvalue weighted by atomic mass is 10.1. The Morgan fingerprint density at radius 1 is 1.00 bits per heavy atom. The van der Waals surface area contributed by atoms with Crippen LogP contribution in [0.2, 0.25) is 0 Å². The number of benzene rings is 1. The summed E-state index contributed by atoms with van der Waals surface area (Å²) < 4.78 is 2.01. The maximum atomic E-state index is 10.4. The molecule has 30 heavy (non-hydrogen) atoms. The van der Waals surface area contributed by atoms with Crippen LogP contribution in [0.5, 0.6) is 5.75 Å². The fourth-order valence-corrected chi connectivity index (χ4v) is 4.69. The summed E-state index contributed by atoms with van der Waals surface area (Å²) in [5.41, 5.74) is 12.6. The predicted molar refractivity (Wildman–Crippen MR) is 121 cm³/mol. The number of nitrogen functional groups attached to an aromatic ring is 1. The van der Waals surface area contributed by atoms with Crippen LogP contribution in [0, 0.1) is 20.8 Å². The van der Waals surface area contributed by atoms with Crippen molar-refractivity contribution in [2.45, 2.75) is 40.0 Å². The van der Waals surface area contributed by atoms with Crippen molar-refractivity contribution >= 4 is 33.6 Å². The van der Waals surface area contributed by atoms with Gasteiger partial charge in [0.15, 0.2) is 5.65 Å². The van der Waals surface area contributed by atoms with Gasteiger partial charge in [0.1, 0.15) is 23.5 Å². The number of anilines is 2. The molecular weight excluding hydrogens is 376 g/mol. The Balaban J connectivity index is 1.89. The summed E-state index contributed by atoms with van der Waals surface area (Å²) in [6.45, 7) is 8.09. The standard InChI is InChI=1S/C23H26N6O/c1-13-7-8-18(30)14(2)20(13)29-22-16(19-21(24)25-12-26-23(19)29)11-17(15(3)27-22)28-9-5-4-6-10-28/h7-8,11-12,30H,4-6,9-10H2,1-3H3,(H2,24,25,26). The molecule has 0 amide bonds. The van der Waals surface area contributed by atoms with Crippen LogP contribution in [0.4, 0.5) is 11.5 Å². The predicted octanol–water partition coefficient (Wildman–Crippen LogP) is 4.17. The number of pyridine rings is 1. The highest BCUT2D eigenvalue weighted by atomic mass is 16.3. The van der Waals surface area contributed by atoms with E-state index in [0.717, 1.165) is 57.7 Å². The minimum absolute atomic E-state index is 0.245. The number of piperidine rings is 1. The highest BCUT2D eigenvalue weighted by Crippen LogP contribution is 2.38. The van der Waals surface area contributed by atoms with Crippen molar-refractivity contribution in [2.75, 3.05) is 23.7 Å². The van der Waals surface area contributed by atoms with Gasteiger partial charge in [-0.05, 0) is 57.7 Å². The maximum absolute atomic E-state index is 10.4. The molecule has 154 valence electrons. The summed E-state index contributed by atoms with van der Waals surface area (Å²) in [5.74, 6) is 0.684. The van der Waals surface area contributed by atoms with Gasteiger partial charge in [0.2, 0.25) is 0 Å². The summed E-state index contributed by atoms with van der Waals surface area (Å²) in [4.78, 5) is 16.3. The molecule has 1 saturated heterocycles. The van der Waals surface area contributed by atoms with E-state index in [-0.39, 0.29) is 5.75 Å². The summed E-state index contributed by atoms with van der Waals surface area (Å²) >= 11 is 0. The van der Waals surface area contributed by atoms with Gasteiger partial charge in [0.25, 0.3) is 0 Å². The number of fused-ring (bicyclic) bond motifs is 3. The number of nitrogens with two attached hydrogens (primary N) is 1. The van der Waals surface area contributed by atoms with Crippen molar-refractivity contribution in [3.8, 4) is 11.4 Å². The highest BCUT2D eigenvalue weighted by molar-refractivity contribution is 6.12. The van der Waals surface area contributed by atoms with E-state index in [0.29, 0.717) is 11.5 Å². The van der Waals surface area contributed by atoms with Crippen LogP contribution < -0.4 is 10.6 Å². The second-order valence-corrected chi connectivity index (χ2v) is 8.18. The Labute approximate surface area is 175 Å². The van der Waals surface area contributed by atoms with Crippen LogP contribution in [0.1, 0.15) is 36.1 Å². The molecule has 0 spiro atoms. The molecule has 4 heterocycles. The normalized spacial score (nSPS) is 14.7. The van der Waals surface area contributed by atoms with E-state index in [4.69, 9.17) is 10.7 Å². The first kappa shape index (κ1) is 18.7. The number of aromatic nitrogens is 4. The molecule has 0 aliphatic carbocycles. The van der Waals surface area contributed by atoms with Crippen LogP contribution in [-0.4, -0.2) is 37.7 Å². The van der Waals surface area contributed by atoms with E-state index in [2.05, 4.69) is 27.9 Å². The molecule has 4 aromatic rings. The Kier molecular flexibility index (Phi) is 4.27. The lowest BCUT2D eigenvalue weighted by molar-refractivity contribution is 0.470. The SMILES string of the molecule is Cc1ccc(O)c(C)c1-n1c2nc(C)c(N3CCCCC3)cc2c2c(N)ncnc21. The van der Waals surface area contributed by atoms with Crippen molar-refractivity contribution < 1.29 is 5.11 Å². The fraction of sp³-hybridized carbons (Fsp3) is 0.348. The number of nitrogens with zero attached hydrogens (tertiary/aromatic N) is 5. The fourth-order valence-electron chi connectivity index (χ4n) is 4.69. The third-order valence-corrected chi connectivity index (χ3v) is 6.24. The number of aryl methyl sites for hydroxylation is 2. The zero-order valence-electron chi connectivity index (χ0n) is 17.6. The van der Waals surface area contributed by atoms with Crippen LogP contribution in [-0.2, 0) is 0 Å². The smallest absolute Gasteiger partial charge is 0.152 e. The highest BCUT2D eigenvalue weighted by Gasteiger charge is 2.23. The molecule has 0 atom stereocenters. The van der Waals surface area contributed by atoms with E-state index in [1.54, 1.807) is 6.07 Å². The molecule has 0 unspecified atom stereocenters. The Morgan fingerprint density at radius 2 is 1.77 bits per heavy atom.